The Morgan fingerprint density at radius 1 is 1.26 bits per heavy atom. The van der Waals surface area contributed by atoms with Gasteiger partial charge in [0.2, 0.25) is 5.89 Å². The van der Waals surface area contributed by atoms with Crippen molar-refractivity contribution in [2.24, 2.45) is 0 Å². The van der Waals surface area contributed by atoms with Crippen LogP contribution in [0.5, 0.6) is 5.75 Å². The molecule has 1 aromatic heterocycles. The summed E-state index contributed by atoms with van der Waals surface area (Å²) in [6.45, 7) is 0. The number of ether oxygens (including phenoxy) is 1. The van der Waals surface area contributed by atoms with E-state index < -0.39 is 20.6 Å². The van der Waals surface area contributed by atoms with Crippen molar-refractivity contribution in [1.29, 1.82) is 0 Å². The summed E-state index contributed by atoms with van der Waals surface area (Å²) < 4.78 is 38.2. The van der Waals surface area contributed by atoms with Crippen LogP contribution in [-0.2, 0) is 10.0 Å². The normalized spacial score (nSPS) is 11.2. The van der Waals surface area contributed by atoms with Crippen LogP contribution in [0.25, 0.3) is 11.5 Å². The van der Waals surface area contributed by atoms with Crippen LogP contribution in [0.4, 0.5) is 11.4 Å². The van der Waals surface area contributed by atoms with Crippen LogP contribution in [0.3, 0.4) is 0 Å². The number of hydrogen-bond donors (Lipinski definition) is 1. The van der Waals surface area contributed by atoms with Gasteiger partial charge in [-0.15, -0.1) is 0 Å². The van der Waals surface area contributed by atoms with Gasteiger partial charge in [0.25, 0.3) is 15.7 Å². The lowest BCUT2D eigenvalue weighted by Gasteiger charge is -2.12. The van der Waals surface area contributed by atoms with E-state index >= 15 is 0 Å². The zero-order valence-electron chi connectivity index (χ0n) is 13.7. The lowest BCUT2D eigenvalue weighted by molar-refractivity contribution is -0.384. The molecule has 0 aliphatic carbocycles. The van der Waals surface area contributed by atoms with Crippen LogP contribution in [0.2, 0.25) is 5.02 Å². The number of nitrogens with zero attached hydrogens (tertiary/aromatic N) is 2. The molecule has 0 saturated carbocycles. The summed E-state index contributed by atoms with van der Waals surface area (Å²) in [5.41, 5.74) is -0.00978. The maximum Gasteiger partial charge on any atom is 0.289 e. The number of sulfonamides is 1. The van der Waals surface area contributed by atoms with E-state index in [0.717, 1.165) is 12.1 Å². The molecule has 0 fully saturated rings. The number of nitro groups is 1. The summed E-state index contributed by atoms with van der Waals surface area (Å²) in [4.78, 5) is 14.0. The fourth-order valence-corrected chi connectivity index (χ4v) is 3.56. The molecule has 11 heteroatoms. The van der Waals surface area contributed by atoms with Gasteiger partial charge in [0.15, 0.2) is 0 Å². The number of methoxy groups -OCH3 is 1. The van der Waals surface area contributed by atoms with Crippen molar-refractivity contribution in [3.8, 4) is 17.2 Å². The first-order chi connectivity index (χ1) is 12.8. The summed E-state index contributed by atoms with van der Waals surface area (Å²) in [6, 6.07) is 7.78. The van der Waals surface area contributed by atoms with Crippen LogP contribution < -0.4 is 9.46 Å². The van der Waals surface area contributed by atoms with Gasteiger partial charge in [0.1, 0.15) is 17.0 Å². The first-order valence-corrected chi connectivity index (χ1v) is 9.22. The molecule has 2 aromatic carbocycles. The number of oxazole rings is 1. The summed E-state index contributed by atoms with van der Waals surface area (Å²) in [5.74, 6) is 0.641. The number of nitrogens with one attached hydrogen (secondary N) is 1. The molecule has 0 unspecified atom stereocenters. The summed E-state index contributed by atoms with van der Waals surface area (Å²) >= 11 is 5.74. The Labute approximate surface area is 158 Å². The average Bonchev–Trinajstić information content (AvgIpc) is 3.16. The predicted octanol–water partition coefficient (Wildman–Crippen LogP) is 3.71. The van der Waals surface area contributed by atoms with Crippen LogP contribution >= 0.6 is 11.6 Å². The van der Waals surface area contributed by atoms with E-state index in [2.05, 4.69) is 9.71 Å². The molecular weight excluding hydrogens is 398 g/mol. The van der Waals surface area contributed by atoms with E-state index in [9.17, 15) is 18.5 Å². The van der Waals surface area contributed by atoms with Gasteiger partial charge in [0.05, 0.1) is 34.4 Å². The Morgan fingerprint density at radius 3 is 2.67 bits per heavy atom. The number of benzene rings is 2. The number of nitro benzene ring substituents is 1. The number of rotatable bonds is 6. The standard InChI is InChI=1S/C16H12ClN3O6S/c1-25-10-2-5-14(12(8-10)16-18-6-7-26-16)19-27(23,24)11-3-4-13(17)15(9-11)20(21)22/h2-9,19H,1H3. The third kappa shape index (κ3) is 3.86. The SMILES string of the molecule is COc1ccc(NS(=O)(=O)c2ccc(Cl)c([N+](=O)[O-])c2)c(-c2ncco2)c1. The molecule has 0 aliphatic rings. The van der Waals surface area contributed by atoms with Crippen LogP contribution in [0.1, 0.15) is 0 Å². The summed E-state index contributed by atoms with van der Waals surface area (Å²) in [6.07, 6.45) is 2.76. The van der Waals surface area contributed by atoms with Crippen molar-refractivity contribution in [2.45, 2.75) is 4.90 Å². The second kappa shape index (κ2) is 7.25. The Morgan fingerprint density at radius 2 is 2.04 bits per heavy atom. The zero-order valence-corrected chi connectivity index (χ0v) is 15.3. The molecule has 3 aromatic rings. The Bertz CT molecular complexity index is 1100. The molecule has 9 nitrogen and oxygen atoms in total. The monoisotopic (exact) mass is 409 g/mol. The highest BCUT2D eigenvalue weighted by atomic mass is 35.5. The zero-order chi connectivity index (χ0) is 19.6. The Hall–Kier alpha value is -3.11. The lowest BCUT2D eigenvalue weighted by Crippen LogP contribution is -2.14. The molecule has 0 bridgehead atoms. The van der Waals surface area contributed by atoms with Crippen LogP contribution in [0.15, 0.2) is 58.2 Å². The highest BCUT2D eigenvalue weighted by Crippen LogP contribution is 2.33. The van der Waals surface area contributed by atoms with E-state index in [-0.39, 0.29) is 21.5 Å². The molecule has 1 heterocycles. The number of halogens is 1. The molecule has 1 N–H and O–H groups in total. The minimum Gasteiger partial charge on any atom is -0.497 e. The van der Waals surface area contributed by atoms with E-state index in [1.165, 1.54) is 31.7 Å². The van der Waals surface area contributed by atoms with Gasteiger partial charge in [-0.05, 0) is 30.3 Å². The Kier molecular flexibility index (Phi) is 5.02. The van der Waals surface area contributed by atoms with E-state index in [4.69, 9.17) is 20.8 Å². The van der Waals surface area contributed by atoms with Crippen LogP contribution in [-0.4, -0.2) is 25.4 Å². The first-order valence-electron chi connectivity index (χ1n) is 7.36. The first kappa shape index (κ1) is 18.7. The number of hydrogen-bond acceptors (Lipinski definition) is 7. The third-order valence-corrected chi connectivity index (χ3v) is 5.24. The lowest BCUT2D eigenvalue weighted by atomic mass is 10.1. The van der Waals surface area contributed by atoms with Crippen molar-refractivity contribution < 1.29 is 22.5 Å². The van der Waals surface area contributed by atoms with Gasteiger partial charge >= 0.3 is 0 Å². The molecule has 0 aliphatic heterocycles. The largest absolute Gasteiger partial charge is 0.497 e. The maximum atomic E-state index is 12.7. The second-order valence-electron chi connectivity index (χ2n) is 5.22. The molecule has 0 radical (unpaired) electrons. The fraction of sp³-hybridized carbons (Fsp3) is 0.0625. The van der Waals surface area contributed by atoms with E-state index in [1.807, 2.05) is 0 Å². The molecule has 140 valence electrons. The fourth-order valence-electron chi connectivity index (χ4n) is 2.28. The van der Waals surface area contributed by atoms with Crippen molar-refractivity contribution >= 4 is 33.0 Å². The van der Waals surface area contributed by atoms with Gasteiger partial charge in [-0.2, -0.15) is 0 Å². The smallest absolute Gasteiger partial charge is 0.289 e. The summed E-state index contributed by atoms with van der Waals surface area (Å²) in [5, 5.41) is 10.8. The molecular formula is C16H12ClN3O6S. The average molecular weight is 410 g/mol. The topological polar surface area (TPSA) is 125 Å². The second-order valence-corrected chi connectivity index (χ2v) is 7.31. The van der Waals surface area contributed by atoms with E-state index in [1.54, 1.807) is 12.1 Å². The predicted molar refractivity (Wildman–Crippen MR) is 97.4 cm³/mol. The minimum atomic E-state index is -4.14. The number of aromatic nitrogens is 1. The van der Waals surface area contributed by atoms with Crippen molar-refractivity contribution in [3.05, 3.63) is 64.0 Å². The van der Waals surface area contributed by atoms with E-state index in [0.29, 0.717) is 11.3 Å². The third-order valence-electron chi connectivity index (χ3n) is 3.56. The van der Waals surface area contributed by atoms with Crippen molar-refractivity contribution in [3.63, 3.8) is 0 Å². The van der Waals surface area contributed by atoms with Crippen LogP contribution in [0, 0.1) is 10.1 Å². The van der Waals surface area contributed by atoms with Gasteiger partial charge in [0, 0.05) is 6.07 Å². The summed E-state index contributed by atoms with van der Waals surface area (Å²) in [7, 11) is -2.68. The van der Waals surface area contributed by atoms with Gasteiger partial charge < -0.3 is 9.15 Å². The molecule has 0 saturated heterocycles. The maximum absolute atomic E-state index is 12.7. The quantitative estimate of drug-likeness (QED) is 0.485. The highest BCUT2D eigenvalue weighted by Gasteiger charge is 2.23. The number of anilines is 1. The van der Waals surface area contributed by atoms with Gasteiger partial charge in [-0.25, -0.2) is 13.4 Å². The Balaban J connectivity index is 2.04. The molecule has 27 heavy (non-hydrogen) atoms. The molecule has 0 amide bonds. The molecule has 0 atom stereocenters. The van der Waals surface area contributed by atoms with Crippen molar-refractivity contribution in [1.82, 2.24) is 4.98 Å². The minimum absolute atomic E-state index is 0.163. The van der Waals surface area contributed by atoms with Gasteiger partial charge in [-0.1, -0.05) is 11.6 Å². The highest BCUT2D eigenvalue weighted by molar-refractivity contribution is 7.92. The van der Waals surface area contributed by atoms with Gasteiger partial charge in [-0.3, -0.25) is 14.8 Å². The van der Waals surface area contributed by atoms with Crippen molar-refractivity contribution in [2.75, 3.05) is 11.8 Å². The molecule has 0 spiro atoms. The molecule has 3 rings (SSSR count).